The van der Waals surface area contributed by atoms with Gasteiger partial charge in [0, 0.05) is 35.3 Å². The highest BCUT2D eigenvalue weighted by molar-refractivity contribution is 7.14. The highest BCUT2D eigenvalue weighted by atomic mass is 32.1. The molecule has 0 saturated carbocycles. The Bertz CT molecular complexity index is 2530. The molecule has 3 N–H and O–H groups in total. The van der Waals surface area contributed by atoms with Crippen LogP contribution in [0.1, 0.15) is 85.2 Å². The Kier molecular flexibility index (Phi) is 17.5. The molecule has 2 atom stereocenters. The van der Waals surface area contributed by atoms with Gasteiger partial charge in [-0.05, 0) is 82.9 Å². The molecule has 0 aliphatic heterocycles. The van der Waals surface area contributed by atoms with Crippen molar-refractivity contribution in [1.82, 2.24) is 20.1 Å². The predicted octanol–water partition coefficient (Wildman–Crippen LogP) is 9.99. The van der Waals surface area contributed by atoms with Gasteiger partial charge in [0.1, 0.15) is 35.1 Å². The van der Waals surface area contributed by atoms with Crippen LogP contribution in [0.5, 0.6) is 5.75 Å². The second-order valence-corrected chi connectivity index (χ2v) is 25.0. The van der Waals surface area contributed by atoms with Crippen LogP contribution in [0.4, 0.5) is 19.1 Å². The number of carboxylic acids is 1. The van der Waals surface area contributed by atoms with Crippen molar-refractivity contribution in [2.24, 2.45) is 5.16 Å². The average Bonchev–Trinajstić information content (AvgIpc) is 3.91. The van der Waals surface area contributed by atoms with Crippen molar-refractivity contribution in [3.05, 3.63) is 119 Å². The molecule has 5 rings (SSSR count). The highest BCUT2D eigenvalue weighted by Crippen LogP contribution is 2.38. The molecular formula is C49H61FN6O11SSi. The Morgan fingerprint density at radius 2 is 1.48 bits per heavy atom. The Morgan fingerprint density at radius 1 is 0.870 bits per heavy atom. The summed E-state index contributed by atoms with van der Waals surface area (Å²) in [7, 11) is -2.32. The van der Waals surface area contributed by atoms with Crippen LogP contribution in [-0.4, -0.2) is 94.6 Å². The van der Waals surface area contributed by atoms with E-state index in [2.05, 4.69) is 59.7 Å². The van der Waals surface area contributed by atoms with E-state index in [-0.39, 0.29) is 40.3 Å². The molecule has 69 heavy (non-hydrogen) atoms. The molecular weight excluding hydrogens is 928 g/mol. The van der Waals surface area contributed by atoms with Gasteiger partial charge in [0.05, 0.1) is 18.8 Å². The maximum atomic E-state index is 16.0. The van der Waals surface area contributed by atoms with E-state index in [0.717, 1.165) is 17.4 Å². The molecule has 3 aromatic carbocycles. The van der Waals surface area contributed by atoms with Crippen molar-refractivity contribution in [2.45, 2.75) is 117 Å². The van der Waals surface area contributed by atoms with E-state index in [1.165, 1.54) is 23.7 Å². The molecule has 0 fully saturated rings. The van der Waals surface area contributed by atoms with Gasteiger partial charge in [-0.2, -0.15) is 5.10 Å². The molecule has 2 aromatic heterocycles. The molecule has 2 heterocycles. The lowest BCUT2D eigenvalue weighted by Gasteiger charge is -2.39. The minimum absolute atomic E-state index is 0.00330. The zero-order chi connectivity index (χ0) is 50.7. The maximum Gasteiger partial charge on any atom is 0.413 e. The number of halogens is 1. The van der Waals surface area contributed by atoms with Crippen LogP contribution in [0.2, 0.25) is 18.1 Å². The standard InChI is InChI=1S/C49H61FN6O11SSi/c1-47(2,3)64-45(60)51-26-35(67-69(10,11)49(7,8)9)28-56-27-33(25-52-56)36-23-22-34(24-37(36)50)62-29-39(43(59)63-41(31-18-14-12-15-19-31)32-20-16-13-17-21-32)66-55-40(42(57)58)38-30-68-44(53-38)54-46(61)65-48(4,5)6/h12-25,27,30,35,39,41H,26,28-29H2,1-11H3,(H,51,60)(H,57,58)(H,53,54,61)/b55-40-/t35?,39-/m0/s1. The van der Waals surface area contributed by atoms with Crippen molar-refractivity contribution < 1.29 is 56.9 Å². The number of anilines is 1. The summed E-state index contributed by atoms with van der Waals surface area (Å²) in [6, 6.07) is 22.0. The first-order chi connectivity index (χ1) is 32.3. The van der Waals surface area contributed by atoms with Gasteiger partial charge in [0.15, 0.2) is 19.6 Å². The summed E-state index contributed by atoms with van der Waals surface area (Å²) >= 11 is 0.910. The van der Waals surface area contributed by atoms with Gasteiger partial charge in [-0.1, -0.05) is 86.6 Å². The van der Waals surface area contributed by atoms with Crippen LogP contribution < -0.4 is 15.4 Å². The van der Waals surface area contributed by atoms with E-state index in [0.29, 0.717) is 16.7 Å². The normalized spacial score (nSPS) is 13.3. The SMILES string of the molecule is CC(C)(C)OC(=O)NCC(Cn1cc(-c2ccc(OC[C@H](O/N=C(\C(=O)O)c3csc(NC(=O)OC(C)(C)C)n3)C(=O)OC(c3ccccc3)c3ccccc3)cc2F)cn1)O[Si](C)(C)C(C)(C)C. The lowest BCUT2D eigenvalue weighted by atomic mass is 10.0. The Morgan fingerprint density at radius 3 is 2.04 bits per heavy atom. The van der Waals surface area contributed by atoms with Crippen LogP contribution in [0.25, 0.3) is 11.1 Å². The van der Waals surface area contributed by atoms with E-state index in [1.54, 1.807) is 101 Å². The average molecular weight is 989 g/mol. The summed E-state index contributed by atoms with van der Waals surface area (Å²) in [6.45, 7) is 20.7. The first-order valence-corrected chi connectivity index (χ1v) is 25.9. The topological polar surface area (TPSA) is 211 Å². The molecule has 0 spiro atoms. The number of hydrogen-bond acceptors (Lipinski definition) is 14. The number of aromatic nitrogens is 3. The Labute approximate surface area is 406 Å². The number of nitrogens with one attached hydrogen (secondary N) is 2. The molecule has 0 aliphatic carbocycles. The van der Waals surface area contributed by atoms with E-state index >= 15 is 4.39 Å². The summed E-state index contributed by atoms with van der Waals surface area (Å²) in [6.07, 6.45) is -1.30. The van der Waals surface area contributed by atoms with Crippen LogP contribution in [0.3, 0.4) is 0 Å². The number of ether oxygens (including phenoxy) is 4. The van der Waals surface area contributed by atoms with Crippen molar-refractivity contribution in [3.63, 3.8) is 0 Å². The van der Waals surface area contributed by atoms with Crippen molar-refractivity contribution >= 4 is 54.6 Å². The number of nitrogens with zero attached hydrogens (tertiary/aromatic N) is 4. The monoisotopic (exact) mass is 988 g/mol. The predicted molar refractivity (Wildman–Crippen MR) is 261 cm³/mol. The number of carboxylic acid groups (broad SMARTS) is 1. The Balaban J connectivity index is 1.37. The zero-order valence-corrected chi connectivity index (χ0v) is 42.5. The number of thiazole rings is 1. The van der Waals surface area contributed by atoms with Gasteiger partial charge < -0.3 is 38.6 Å². The van der Waals surface area contributed by atoms with Gasteiger partial charge in [0.25, 0.3) is 6.10 Å². The number of carbonyl (C=O) groups is 4. The van der Waals surface area contributed by atoms with Gasteiger partial charge in [-0.3, -0.25) is 10.00 Å². The summed E-state index contributed by atoms with van der Waals surface area (Å²) in [5.41, 5.74) is -0.449. The fourth-order valence-electron chi connectivity index (χ4n) is 6.11. The fraction of sp³-hybridized carbons (Fsp3) is 0.408. The lowest BCUT2D eigenvalue weighted by Crippen LogP contribution is -2.48. The molecule has 370 valence electrons. The van der Waals surface area contributed by atoms with E-state index in [9.17, 15) is 24.3 Å². The fourth-order valence-corrected chi connectivity index (χ4v) is 8.14. The molecule has 20 heteroatoms. The van der Waals surface area contributed by atoms with E-state index in [4.69, 9.17) is 28.2 Å². The van der Waals surface area contributed by atoms with Crippen LogP contribution in [-0.2, 0) is 39.6 Å². The first-order valence-electron chi connectivity index (χ1n) is 22.1. The van der Waals surface area contributed by atoms with Gasteiger partial charge in [0.2, 0.25) is 5.71 Å². The summed E-state index contributed by atoms with van der Waals surface area (Å²) in [5, 5.41) is 24.9. The number of rotatable bonds is 19. The number of hydrogen-bond donors (Lipinski definition) is 3. The van der Waals surface area contributed by atoms with E-state index < -0.39 is 80.1 Å². The highest BCUT2D eigenvalue weighted by Gasteiger charge is 2.39. The smallest absolute Gasteiger partial charge is 0.413 e. The minimum Gasteiger partial charge on any atom is -0.489 e. The second kappa shape index (κ2) is 22.6. The maximum absolute atomic E-state index is 16.0. The molecule has 5 aromatic rings. The summed E-state index contributed by atoms with van der Waals surface area (Å²) in [5.74, 6) is -3.20. The van der Waals surface area contributed by atoms with Crippen LogP contribution >= 0.6 is 11.3 Å². The molecule has 0 aliphatic rings. The van der Waals surface area contributed by atoms with Crippen molar-refractivity contribution in [2.75, 3.05) is 18.5 Å². The van der Waals surface area contributed by atoms with Crippen LogP contribution in [0.15, 0.2) is 102 Å². The number of aliphatic carboxylic acids is 1. The summed E-state index contributed by atoms with van der Waals surface area (Å²) in [4.78, 5) is 61.2. The Hall–Kier alpha value is -6.64. The number of oxime groups is 1. The van der Waals surface area contributed by atoms with Crippen molar-refractivity contribution in [1.29, 1.82) is 0 Å². The summed E-state index contributed by atoms with van der Waals surface area (Å²) < 4.78 is 46.9. The van der Waals surface area contributed by atoms with Gasteiger partial charge in [-0.25, -0.2) is 28.6 Å². The van der Waals surface area contributed by atoms with Gasteiger partial charge in [-0.15, -0.1) is 11.3 Å². The molecule has 0 saturated heterocycles. The van der Waals surface area contributed by atoms with E-state index in [1.807, 2.05) is 12.1 Å². The number of alkyl carbamates (subject to hydrolysis) is 1. The quantitative estimate of drug-likeness (QED) is 0.0231. The number of amides is 2. The third-order valence-corrected chi connectivity index (χ3v) is 15.6. The molecule has 17 nitrogen and oxygen atoms in total. The molecule has 1 unspecified atom stereocenters. The third-order valence-electron chi connectivity index (χ3n) is 10.3. The molecule has 2 amide bonds. The molecule has 0 radical (unpaired) electrons. The zero-order valence-electron chi connectivity index (χ0n) is 40.7. The first kappa shape index (κ1) is 53.3. The van der Waals surface area contributed by atoms with Gasteiger partial charge >= 0.3 is 24.1 Å². The largest absolute Gasteiger partial charge is 0.489 e. The number of esters is 1. The lowest BCUT2D eigenvalue weighted by molar-refractivity contribution is -0.163. The number of carbonyl (C=O) groups excluding carboxylic acids is 3. The van der Waals surface area contributed by atoms with Crippen LogP contribution in [0, 0.1) is 5.82 Å². The number of benzene rings is 3. The minimum atomic E-state index is -2.32. The molecule has 0 bridgehead atoms. The van der Waals surface area contributed by atoms with Crippen molar-refractivity contribution in [3.8, 4) is 16.9 Å². The third kappa shape index (κ3) is 16.2. The second-order valence-electron chi connectivity index (χ2n) is 19.4.